The molecule has 1 saturated heterocycles. The lowest BCUT2D eigenvalue weighted by molar-refractivity contribution is 0.0124. The largest absolute Gasteiger partial charge is 0.378 e. The number of nitrogens with zero attached hydrogens (tertiary/aromatic N) is 3. The van der Waals surface area contributed by atoms with Crippen LogP contribution in [0, 0.1) is 6.92 Å². The quantitative estimate of drug-likeness (QED) is 0.696. The Bertz CT molecular complexity index is 1140. The van der Waals surface area contributed by atoms with E-state index in [1.54, 1.807) is 11.0 Å². The van der Waals surface area contributed by atoms with Crippen LogP contribution in [0.25, 0.3) is 5.57 Å². The number of hydrogen-bond donors (Lipinski definition) is 2. The van der Waals surface area contributed by atoms with E-state index in [0.717, 1.165) is 35.4 Å². The molecular weight excluding hydrogens is 442 g/mol. The molecule has 0 saturated carbocycles. The minimum Gasteiger partial charge on any atom is -0.378 e. The smallest absolute Gasteiger partial charge is 0.286 e. The molecule has 0 bridgehead atoms. The van der Waals surface area contributed by atoms with Crippen molar-refractivity contribution in [3.63, 3.8) is 0 Å². The zero-order valence-corrected chi connectivity index (χ0v) is 19.4. The number of alkyl halides is 2. The number of carbonyl (C=O) groups is 1. The number of allylic oxidation sites excluding steroid dienone is 2. The van der Waals surface area contributed by atoms with Crippen LogP contribution in [-0.4, -0.2) is 65.4 Å². The lowest BCUT2D eigenvalue weighted by Gasteiger charge is -2.38. The molecule has 9 heteroatoms. The highest BCUT2D eigenvalue weighted by Gasteiger charge is 2.28. The molecule has 34 heavy (non-hydrogen) atoms. The molecule has 2 aromatic rings. The normalized spacial score (nSPS) is 18.9. The fraction of sp³-hybridized carbons (Fsp3) is 0.360. The number of rotatable bonds is 5. The van der Waals surface area contributed by atoms with Gasteiger partial charge >= 0.3 is 0 Å². The van der Waals surface area contributed by atoms with Crippen LogP contribution >= 0.6 is 0 Å². The number of halogens is 2. The van der Waals surface area contributed by atoms with Crippen LogP contribution in [0.5, 0.6) is 0 Å². The van der Waals surface area contributed by atoms with Gasteiger partial charge in [0.2, 0.25) is 0 Å². The molecule has 1 aromatic heterocycles. The first kappa shape index (κ1) is 23.8. The number of aliphatic hydroxyl groups is 1. The summed E-state index contributed by atoms with van der Waals surface area (Å²) < 4.78 is 32.7. The van der Waals surface area contributed by atoms with Gasteiger partial charge in [0.25, 0.3) is 11.8 Å². The summed E-state index contributed by atoms with van der Waals surface area (Å²) in [5.41, 5.74) is 3.73. The zero-order chi connectivity index (χ0) is 24.5. The summed E-state index contributed by atoms with van der Waals surface area (Å²) in [5, 5.41) is 13.5. The van der Waals surface area contributed by atoms with Crippen LogP contribution in [0.1, 0.15) is 34.1 Å². The van der Waals surface area contributed by atoms with E-state index in [9.17, 15) is 18.7 Å². The summed E-state index contributed by atoms with van der Waals surface area (Å²) in [5.74, 6) is -3.64. The number of carbonyl (C=O) groups excluding carboxylic acids is 1. The van der Waals surface area contributed by atoms with Crippen molar-refractivity contribution in [1.82, 2.24) is 14.8 Å². The second-order valence-electron chi connectivity index (χ2n) is 8.59. The summed E-state index contributed by atoms with van der Waals surface area (Å²) in [4.78, 5) is 20.3. The van der Waals surface area contributed by atoms with Crippen LogP contribution in [0.3, 0.4) is 0 Å². The minimum absolute atomic E-state index is 0.0999. The molecule has 2 aliphatic rings. The van der Waals surface area contributed by atoms with Gasteiger partial charge in [-0.15, -0.1) is 0 Å². The number of morpholine rings is 1. The Labute approximate surface area is 197 Å². The molecule has 2 N–H and O–H groups in total. The molecule has 7 nitrogen and oxygen atoms in total. The van der Waals surface area contributed by atoms with Crippen molar-refractivity contribution in [3.8, 4) is 0 Å². The average Bonchev–Trinajstić information content (AvgIpc) is 2.82. The summed E-state index contributed by atoms with van der Waals surface area (Å²) in [7, 11) is 1.81. The Hall–Kier alpha value is -3.30. The third-order valence-corrected chi connectivity index (χ3v) is 5.95. The molecule has 1 amide bonds. The standard InChI is InChI=1S/C25H28F2N4O3/c1-16-4-5-19(29-23(32)17-6-7-28-22(13-17)25(2,26)27)14-20(16)18-12-21(24(33)30(3)15-18)31-8-10-34-11-9-31/h4-7,12-15,24,33H,8-11H2,1-3H3,(H,29,32). The van der Waals surface area contributed by atoms with E-state index in [4.69, 9.17) is 4.74 Å². The number of benzene rings is 1. The Balaban J connectivity index is 1.60. The third-order valence-electron chi connectivity index (χ3n) is 5.95. The Morgan fingerprint density at radius 2 is 1.97 bits per heavy atom. The van der Waals surface area contributed by atoms with Gasteiger partial charge < -0.3 is 25.0 Å². The molecular formula is C25H28F2N4O3. The Kier molecular flexibility index (Phi) is 6.67. The van der Waals surface area contributed by atoms with Gasteiger partial charge in [0.15, 0.2) is 6.23 Å². The van der Waals surface area contributed by atoms with Gasteiger partial charge in [-0.25, -0.2) is 0 Å². The van der Waals surface area contributed by atoms with Gasteiger partial charge in [0, 0.05) is 50.7 Å². The monoisotopic (exact) mass is 470 g/mol. The second kappa shape index (κ2) is 9.52. The van der Waals surface area contributed by atoms with E-state index in [-0.39, 0.29) is 5.56 Å². The number of ether oxygens (including phenoxy) is 1. The predicted octanol–water partition coefficient (Wildman–Crippen LogP) is 3.57. The van der Waals surface area contributed by atoms with Crippen molar-refractivity contribution in [3.05, 3.63) is 76.9 Å². The fourth-order valence-electron chi connectivity index (χ4n) is 4.02. The summed E-state index contributed by atoms with van der Waals surface area (Å²) >= 11 is 0. The van der Waals surface area contributed by atoms with Crippen molar-refractivity contribution in [1.29, 1.82) is 0 Å². The molecule has 4 rings (SSSR count). The van der Waals surface area contributed by atoms with Gasteiger partial charge in [-0.2, -0.15) is 8.78 Å². The predicted molar refractivity (Wildman–Crippen MR) is 125 cm³/mol. The zero-order valence-electron chi connectivity index (χ0n) is 19.4. The number of aromatic nitrogens is 1. The summed E-state index contributed by atoms with van der Waals surface area (Å²) in [6, 6.07) is 7.99. The van der Waals surface area contributed by atoms with Gasteiger partial charge in [0.1, 0.15) is 5.69 Å². The van der Waals surface area contributed by atoms with Crippen molar-refractivity contribution in [2.75, 3.05) is 38.7 Å². The van der Waals surface area contributed by atoms with E-state index in [1.807, 2.05) is 38.4 Å². The molecule has 2 aliphatic heterocycles. The van der Waals surface area contributed by atoms with E-state index in [0.29, 0.717) is 32.0 Å². The number of amides is 1. The van der Waals surface area contributed by atoms with Crippen molar-refractivity contribution in [2.45, 2.75) is 26.0 Å². The van der Waals surface area contributed by atoms with Crippen LogP contribution < -0.4 is 5.32 Å². The van der Waals surface area contributed by atoms with Crippen LogP contribution in [0.2, 0.25) is 0 Å². The van der Waals surface area contributed by atoms with E-state index in [1.165, 1.54) is 12.3 Å². The highest BCUT2D eigenvalue weighted by Crippen LogP contribution is 2.31. The molecule has 1 unspecified atom stereocenters. The third kappa shape index (κ3) is 5.10. The van der Waals surface area contributed by atoms with Crippen LogP contribution in [0.4, 0.5) is 14.5 Å². The van der Waals surface area contributed by atoms with Gasteiger partial charge in [-0.05, 0) is 54.0 Å². The number of likely N-dealkylation sites (N-methyl/N-ethyl adjacent to an activating group) is 1. The van der Waals surface area contributed by atoms with Gasteiger partial charge in [0.05, 0.1) is 18.9 Å². The van der Waals surface area contributed by atoms with E-state index >= 15 is 0 Å². The van der Waals surface area contributed by atoms with Crippen LogP contribution in [-0.2, 0) is 10.7 Å². The average molecular weight is 471 g/mol. The number of nitrogens with one attached hydrogen (secondary N) is 1. The Morgan fingerprint density at radius 3 is 2.68 bits per heavy atom. The lowest BCUT2D eigenvalue weighted by Crippen LogP contribution is -2.44. The first-order valence-electron chi connectivity index (χ1n) is 11.1. The van der Waals surface area contributed by atoms with E-state index < -0.39 is 23.8 Å². The minimum atomic E-state index is -3.14. The molecule has 1 atom stereocenters. The molecule has 3 heterocycles. The lowest BCUT2D eigenvalue weighted by atomic mass is 9.97. The van der Waals surface area contributed by atoms with Gasteiger partial charge in [-0.3, -0.25) is 9.78 Å². The summed E-state index contributed by atoms with van der Waals surface area (Å²) in [6.07, 6.45) is 4.26. The summed E-state index contributed by atoms with van der Waals surface area (Å²) in [6.45, 7) is 5.32. The first-order valence-corrected chi connectivity index (χ1v) is 11.1. The van der Waals surface area contributed by atoms with E-state index in [2.05, 4.69) is 15.2 Å². The molecule has 180 valence electrons. The van der Waals surface area contributed by atoms with Crippen LogP contribution in [0.15, 0.2) is 54.5 Å². The number of hydrogen-bond acceptors (Lipinski definition) is 6. The van der Waals surface area contributed by atoms with Crippen molar-refractivity contribution in [2.24, 2.45) is 0 Å². The second-order valence-corrected chi connectivity index (χ2v) is 8.59. The highest BCUT2D eigenvalue weighted by molar-refractivity contribution is 6.04. The molecule has 0 aliphatic carbocycles. The topological polar surface area (TPSA) is 77.9 Å². The number of anilines is 1. The van der Waals surface area contributed by atoms with Crippen molar-refractivity contribution < 1.29 is 23.4 Å². The molecule has 0 radical (unpaired) electrons. The molecule has 1 fully saturated rings. The first-order chi connectivity index (χ1) is 16.1. The molecule has 1 aromatic carbocycles. The number of aryl methyl sites for hydroxylation is 1. The molecule has 0 spiro atoms. The number of aliphatic hydroxyl groups excluding tert-OH is 1. The number of pyridine rings is 1. The van der Waals surface area contributed by atoms with Gasteiger partial charge in [-0.1, -0.05) is 6.07 Å². The fourth-order valence-corrected chi connectivity index (χ4v) is 4.02. The SMILES string of the molecule is Cc1ccc(NC(=O)c2ccnc(C(C)(F)F)c2)cc1C1=CN(C)C(O)C(N2CCOCC2)=C1. The highest BCUT2D eigenvalue weighted by atomic mass is 19.3. The maximum absolute atomic E-state index is 13.6. The Morgan fingerprint density at radius 1 is 1.24 bits per heavy atom. The van der Waals surface area contributed by atoms with Crippen molar-refractivity contribution >= 4 is 17.2 Å². The maximum atomic E-state index is 13.6. The maximum Gasteiger partial charge on any atom is 0.286 e.